The molecule has 0 radical (unpaired) electrons. The van der Waals surface area contributed by atoms with E-state index in [1.165, 1.54) is 0 Å². The average Bonchev–Trinajstić information content (AvgIpc) is 3.01. The van der Waals surface area contributed by atoms with Gasteiger partial charge in [0.15, 0.2) is 0 Å². The van der Waals surface area contributed by atoms with E-state index in [2.05, 4.69) is 10.3 Å². The predicted octanol–water partition coefficient (Wildman–Crippen LogP) is 2.77. The van der Waals surface area contributed by atoms with Crippen molar-refractivity contribution in [2.75, 3.05) is 18.4 Å². The van der Waals surface area contributed by atoms with Gasteiger partial charge in [0.25, 0.3) is 0 Å². The smallest absolute Gasteiger partial charge is 0.321 e. The Morgan fingerprint density at radius 3 is 3.00 bits per heavy atom. The van der Waals surface area contributed by atoms with E-state index in [-0.39, 0.29) is 17.9 Å². The molecule has 7 nitrogen and oxygen atoms in total. The summed E-state index contributed by atoms with van der Waals surface area (Å²) < 4.78 is 5.40. The van der Waals surface area contributed by atoms with Crippen LogP contribution in [-0.4, -0.2) is 34.9 Å². The van der Waals surface area contributed by atoms with E-state index in [0.29, 0.717) is 31.1 Å². The normalized spacial score (nSPS) is 17.3. The van der Waals surface area contributed by atoms with Crippen LogP contribution in [0.1, 0.15) is 25.0 Å². The van der Waals surface area contributed by atoms with Gasteiger partial charge in [-0.05, 0) is 43.9 Å². The first-order chi connectivity index (χ1) is 12.0. The van der Waals surface area contributed by atoms with Gasteiger partial charge >= 0.3 is 6.03 Å². The van der Waals surface area contributed by atoms with E-state index in [9.17, 15) is 9.59 Å². The minimum Gasteiger partial charge on any atom is -0.444 e. The van der Waals surface area contributed by atoms with Crippen molar-refractivity contribution < 1.29 is 14.0 Å². The summed E-state index contributed by atoms with van der Waals surface area (Å²) in [5.41, 5.74) is 7.55. The summed E-state index contributed by atoms with van der Waals surface area (Å²) in [5.74, 6) is 0.341. The number of urea groups is 1. The highest BCUT2D eigenvalue weighted by Crippen LogP contribution is 2.23. The van der Waals surface area contributed by atoms with Gasteiger partial charge < -0.3 is 20.4 Å². The van der Waals surface area contributed by atoms with Crippen LogP contribution >= 0.6 is 0 Å². The van der Waals surface area contributed by atoms with Crippen molar-refractivity contribution in [1.29, 1.82) is 0 Å². The molecule has 3 amide bonds. The minimum atomic E-state index is -0.318. The van der Waals surface area contributed by atoms with E-state index in [4.69, 9.17) is 10.2 Å². The van der Waals surface area contributed by atoms with Crippen molar-refractivity contribution in [3.05, 3.63) is 36.2 Å². The van der Waals surface area contributed by atoms with Crippen LogP contribution in [-0.2, 0) is 4.79 Å². The van der Waals surface area contributed by atoms with E-state index in [1.54, 1.807) is 11.2 Å². The van der Waals surface area contributed by atoms with Crippen LogP contribution < -0.4 is 11.1 Å². The Balaban J connectivity index is 1.65. The first-order valence-electron chi connectivity index (χ1n) is 8.38. The van der Waals surface area contributed by atoms with Crippen molar-refractivity contribution in [1.82, 2.24) is 9.88 Å². The first-order valence-corrected chi connectivity index (χ1v) is 8.38. The van der Waals surface area contributed by atoms with Gasteiger partial charge in [0.05, 0.1) is 5.69 Å². The fourth-order valence-corrected chi connectivity index (χ4v) is 3.12. The fourth-order valence-electron chi connectivity index (χ4n) is 3.12. The van der Waals surface area contributed by atoms with Crippen molar-refractivity contribution >= 4 is 17.6 Å². The maximum atomic E-state index is 12.5. The maximum Gasteiger partial charge on any atom is 0.321 e. The number of oxazole rings is 1. The number of carbonyl (C=O) groups excluding carboxylic acids is 2. The standard InChI is InChI=1S/C18H22N4O3/c1-12-11-25-17(20-12)14-5-2-6-15(9-14)21-18(24)22-7-3-4-13(10-22)8-16(19)23/h2,5-6,9,11,13H,3-4,7-8,10H2,1H3,(H2,19,23)(H,21,24)/t13-/m0/s1. The highest BCUT2D eigenvalue weighted by molar-refractivity contribution is 5.90. The molecule has 25 heavy (non-hydrogen) atoms. The average molecular weight is 342 g/mol. The number of hydrogen-bond acceptors (Lipinski definition) is 4. The topological polar surface area (TPSA) is 101 Å². The van der Waals surface area contributed by atoms with Gasteiger partial charge in [-0.2, -0.15) is 0 Å². The maximum absolute atomic E-state index is 12.5. The number of likely N-dealkylation sites (tertiary alicyclic amines) is 1. The lowest BCUT2D eigenvalue weighted by Crippen LogP contribution is -2.43. The predicted molar refractivity (Wildman–Crippen MR) is 93.8 cm³/mol. The second-order valence-electron chi connectivity index (χ2n) is 6.43. The minimum absolute atomic E-state index is 0.138. The van der Waals surface area contributed by atoms with Crippen LogP contribution in [0.5, 0.6) is 0 Å². The summed E-state index contributed by atoms with van der Waals surface area (Å²) in [6, 6.07) is 7.20. The van der Waals surface area contributed by atoms with Gasteiger partial charge in [0, 0.05) is 30.8 Å². The van der Waals surface area contributed by atoms with Gasteiger partial charge in [-0.3, -0.25) is 4.79 Å². The van der Waals surface area contributed by atoms with Crippen molar-refractivity contribution in [3.63, 3.8) is 0 Å². The molecule has 0 bridgehead atoms. The highest BCUT2D eigenvalue weighted by atomic mass is 16.3. The Morgan fingerprint density at radius 1 is 1.44 bits per heavy atom. The number of benzene rings is 1. The van der Waals surface area contributed by atoms with Crippen LogP contribution in [0.15, 0.2) is 34.9 Å². The monoisotopic (exact) mass is 342 g/mol. The van der Waals surface area contributed by atoms with E-state index in [0.717, 1.165) is 24.1 Å². The van der Waals surface area contributed by atoms with Crippen molar-refractivity contribution in [3.8, 4) is 11.5 Å². The molecule has 1 atom stereocenters. The molecule has 1 aliphatic rings. The first kappa shape index (κ1) is 17.0. The van der Waals surface area contributed by atoms with E-state index in [1.807, 2.05) is 31.2 Å². The number of piperidine rings is 1. The molecule has 2 heterocycles. The molecule has 0 unspecified atom stereocenters. The summed E-state index contributed by atoms with van der Waals surface area (Å²) in [5, 5.41) is 2.90. The van der Waals surface area contributed by atoms with Crippen LogP contribution in [0, 0.1) is 12.8 Å². The number of amides is 3. The summed E-state index contributed by atoms with van der Waals surface area (Å²) in [6.07, 6.45) is 3.71. The number of aryl methyl sites for hydroxylation is 1. The Labute approximate surface area is 146 Å². The molecule has 7 heteroatoms. The fraction of sp³-hybridized carbons (Fsp3) is 0.389. The number of primary amides is 1. The summed E-state index contributed by atoms with van der Waals surface area (Å²) in [6.45, 7) is 3.09. The zero-order valence-electron chi connectivity index (χ0n) is 14.2. The number of carbonyl (C=O) groups is 2. The Kier molecular flexibility index (Phi) is 5.02. The third kappa shape index (κ3) is 4.37. The number of anilines is 1. The molecule has 2 aromatic rings. The van der Waals surface area contributed by atoms with Crippen LogP contribution in [0.3, 0.4) is 0 Å². The molecule has 0 spiro atoms. The third-order valence-corrected chi connectivity index (χ3v) is 4.28. The molecule has 3 rings (SSSR count). The largest absolute Gasteiger partial charge is 0.444 e. The Bertz CT molecular complexity index is 771. The van der Waals surface area contributed by atoms with Gasteiger partial charge in [-0.15, -0.1) is 0 Å². The number of nitrogens with two attached hydrogens (primary N) is 1. The number of aromatic nitrogens is 1. The third-order valence-electron chi connectivity index (χ3n) is 4.28. The van der Waals surface area contributed by atoms with Gasteiger partial charge in [-0.1, -0.05) is 6.07 Å². The van der Waals surface area contributed by atoms with Crippen molar-refractivity contribution in [2.24, 2.45) is 11.7 Å². The molecule has 3 N–H and O–H groups in total. The number of hydrogen-bond donors (Lipinski definition) is 2. The molecule has 0 saturated carbocycles. The highest BCUT2D eigenvalue weighted by Gasteiger charge is 2.24. The van der Waals surface area contributed by atoms with Crippen LogP contribution in [0.2, 0.25) is 0 Å². The molecular weight excluding hydrogens is 320 g/mol. The summed E-state index contributed by atoms with van der Waals surface area (Å²) >= 11 is 0. The van der Waals surface area contributed by atoms with Gasteiger partial charge in [-0.25, -0.2) is 9.78 Å². The second-order valence-corrected chi connectivity index (χ2v) is 6.43. The lowest BCUT2D eigenvalue weighted by atomic mass is 9.95. The summed E-state index contributed by atoms with van der Waals surface area (Å²) in [4.78, 5) is 29.6. The zero-order valence-corrected chi connectivity index (χ0v) is 14.2. The lowest BCUT2D eigenvalue weighted by Gasteiger charge is -2.32. The number of rotatable bonds is 4. The van der Waals surface area contributed by atoms with Gasteiger partial charge in [0.2, 0.25) is 11.8 Å². The molecule has 1 saturated heterocycles. The molecule has 1 fully saturated rings. The quantitative estimate of drug-likeness (QED) is 0.892. The molecular formula is C18H22N4O3. The van der Waals surface area contributed by atoms with E-state index < -0.39 is 0 Å². The molecule has 1 aromatic heterocycles. The number of nitrogens with zero attached hydrogens (tertiary/aromatic N) is 2. The lowest BCUT2D eigenvalue weighted by molar-refractivity contribution is -0.119. The zero-order chi connectivity index (χ0) is 17.8. The van der Waals surface area contributed by atoms with Gasteiger partial charge in [0.1, 0.15) is 6.26 Å². The number of nitrogens with one attached hydrogen (secondary N) is 1. The SMILES string of the molecule is Cc1coc(-c2cccc(NC(=O)N3CCC[C@@H](CC(N)=O)C3)c2)n1. The molecule has 1 aliphatic heterocycles. The summed E-state index contributed by atoms with van der Waals surface area (Å²) in [7, 11) is 0. The molecule has 0 aliphatic carbocycles. The molecule has 1 aromatic carbocycles. The van der Waals surface area contributed by atoms with E-state index >= 15 is 0 Å². The Hall–Kier alpha value is -2.83. The van der Waals surface area contributed by atoms with Crippen molar-refractivity contribution in [2.45, 2.75) is 26.2 Å². The van der Waals surface area contributed by atoms with Crippen LogP contribution in [0.25, 0.3) is 11.5 Å². The second kappa shape index (κ2) is 7.38. The Morgan fingerprint density at radius 2 is 2.28 bits per heavy atom. The van der Waals surface area contributed by atoms with Crippen LogP contribution in [0.4, 0.5) is 10.5 Å². The molecule has 132 valence electrons.